The zero-order chi connectivity index (χ0) is 29.9. The molecule has 4 N–H and O–H groups in total. The maximum Gasteiger partial charge on any atom is 0.220 e. The van der Waals surface area contributed by atoms with Gasteiger partial charge in [-0.05, 0) is 36.1 Å². The van der Waals surface area contributed by atoms with E-state index in [1.165, 1.54) is 0 Å². The molecular weight excluding hydrogens is 536 g/mol. The van der Waals surface area contributed by atoms with E-state index in [1.807, 2.05) is 48.5 Å². The molecule has 10 nitrogen and oxygen atoms in total. The van der Waals surface area contributed by atoms with Gasteiger partial charge in [-0.3, -0.25) is 9.59 Å². The lowest BCUT2D eigenvalue weighted by Gasteiger charge is -2.19. The monoisotopic (exact) mass is 572 g/mol. The Hall–Kier alpha value is -4.60. The molecule has 4 aromatic rings. The van der Waals surface area contributed by atoms with Crippen LogP contribution in [0, 0.1) is 0 Å². The molecule has 0 spiro atoms. The summed E-state index contributed by atoms with van der Waals surface area (Å²) < 4.78 is 0. The van der Waals surface area contributed by atoms with Crippen molar-refractivity contribution in [1.82, 2.24) is 20.6 Å². The highest BCUT2D eigenvalue weighted by molar-refractivity contribution is 5.87. The number of unbranched alkanes of at least 4 members (excludes halogenated alkanes) is 5. The van der Waals surface area contributed by atoms with Crippen LogP contribution in [0.2, 0.25) is 0 Å². The largest absolute Gasteiger partial charge is 0.548 e. The van der Waals surface area contributed by atoms with E-state index in [4.69, 9.17) is 0 Å². The van der Waals surface area contributed by atoms with Crippen LogP contribution in [0.3, 0.4) is 0 Å². The normalized spacial score (nSPS) is 12.7. The van der Waals surface area contributed by atoms with Crippen LogP contribution in [0.15, 0.2) is 60.9 Å². The van der Waals surface area contributed by atoms with Gasteiger partial charge in [0, 0.05) is 59.9 Å². The zero-order valence-electron chi connectivity index (χ0n) is 23.4. The molecule has 2 aromatic carbocycles. The molecule has 222 valence electrons. The number of aromatic amines is 2. The maximum atomic E-state index is 12.4. The Morgan fingerprint density at radius 3 is 1.38 bits per heavy atom. The van der Waals surface area contributed by atoms with Crippen LogP contribution in [-0.2, 0) is 32.0 Å². The summed E-state index contributed by atoms with van der Waals surface area (Å²) in [6.45, 7) is 0. The summed E-state index contributed by atoms with van der Waals surface area (Å²) in [6.07, 6.45) is 8.82. The Balaban J connectivity index is 1.08. The van der Waals surface area contributed by atoms with Crippen molar-refractivity contribution in [2.75, 3.05) is 0 Å². The van der Waals surface area contributed by atoms with Crippen molar-refractivity contribution in [1.29, 1.82) is 0 Å². The minimum absolute atomic E-state index is 0.137. The molecule has 0 bridgehead atoms. The van der Waals surface area contributed by atoms with Gasteiger partial charge in [0.15, 0.2) is 0 Å². The van der Waals surface area contributed by atoms with Crippen LogP contribution in [0.1, 0.15) is 62.5 Å². The van der Waals surface area contributed by atoms with E-state index in [1.54, 1.807) is 12.4 Å². The number of aliphatic carboxylic acids is 2. The van der Waals surface area contributed by atoms with E-state index < -0.39 is 24.0 Å². The molecular formula is C32H36N4O6-2. The minimum Gasteiger partial charge on any atom is -0.548 e. The average molecular weight is 573 g/mol. The fraction of sp³-hybridized carbons (Fsp3) is 0.375. The van der Waals surface area contributed by atoms with Crippen LogP contribution in [-0.4, -0.2) is 45.8 Å². The van der Waals surface area contributed by atoms with Crippen molar-refractivity contribution in [3.63, 3.8) is 0 Å². The van der Waals surface area contributed by atoms with E-state index in [2.05, 4.69) is 20.6 Å². The summed E-state index contributed by atoms with van der Waals surface area (Å²) in [5.74, 6) is -3.28. The highest BCUT2D eigenvalue weighted by Gasteiger charge is 2.17. The summed E-state index contributed by atoms with van der Waals surface area (Å²) in [7, 11) is 0. The van der Waals surface area contributed by atoms with Gasteiger partial charge in [0.1, 0.15) is 0 Å². The quantitative estimate of drug-likeness (QED) is 0.141. The molecule has 0 saturated carbocycles. The van der Waals surface area contributed by atoms with Crippen LogP contribution in [0.5, 0.6) is 0 Å². The molecule has 0 unspecified atom stereocenters. The maximum absolute atomic E-state index is 12.4. The van der Waals surface area contributed by atoms with Gasteiger partial charge >= 0.3 is 0 Å². The van der Waals surface area contributed by atoms with Crippen molar-refractivity contribution in [3.05, 3.63) is 72.1 Å². The highest BCUT2D eigenvalue weighted by Crippen LogP contribution is 2.20. The van der Waals surface area contributed by atoms with Crippen molar-refractivity contribution in [2.45, 2.75) is 76.3 Å². The average Bonchev–Trinajstić information content (AvgIpc) is 3.57. The number of hydrogen-bond acceptors (Lipinski definition) is 6. The third-order valence-electron chi connectivity index (χ3n) is 7.50. The summed E-state index contributed by atoms with van der Waals surface area (Å²) in [6, 6.07) is 12.9. The van der Waals surface area contributed by atoms with Gasteiger partial charge in [-0.2, -0.15) is 0 Å². The highest BCUT2D eigenvalue weighted by atomic mass is 16.4. The van der Waals surface area contributed by atoms with Crippen molar-refractivity contribution in [3.8, 4) is 0 Å². The lowest BCUT2D eigenvalue weighted by atomic mass is 10.0. The number of carbonyl (C=O) groups excluding carboxylic acids is 4. The Morgan fingerprint density at radius 2 is 0.976 bits per heavy atom. The van der Waals surface area contributed by atoms with Crippen LogP contribution in [0.4, 0.5) is 0 Å². The van der Waals surface area contributed by atoms with E-state index in [0.29, 0.717) is 12.8 Å². The summed E-state index contributed by atoms with van der Waals surface area (Å²) >= 11 is 0. The van der Waals surface area contributed by atoms with Crippen LogP contribution >= 0.6 is 0 Å². The van der Waals surface area contributed by atoms with Crippen molar-refractivity contribution < 1.29 is 29.4 Å². The number of carbonyl (C=O) groups is 4. The summed E-state index contributed by atoms with van der Waals surface area (Å²) in [5, 5.41) is 30.3. The second kappa shape index (κ2) is 14.9. The first kappa shape index (κ1) is 30.4. The van der Waals surface area contributed by atoms with Gasteiger partial charge in [0.2, 0.25) is 11.8 Å². The fourth-order valence-corrected chi connectivity index (χ4v) is 5.24. The number of carboxylic acids is 2. The first-order valence-electron chi connectivity index (χ1n) is 14.4. The molecule has 10 heteroatoms. The topological polar surface area (TPSA) is 170 Å². The van der Waals surface area contributed by atoms with Gasteiger partial charge in [0.05, 0.1) is 24.0 Å². The molecule has 2 atom stereocenters. The molecule has 42 heavy (non-hydrogen) atoms. The number of aromatic nitrogens is 2. The molecule has 2 amide bonds. The molecule has 2 aromatic heterocycles. The molecule has 0 fully saturated rings. The fourth-order valence-electron chi connectivity index (χ4n) is 5.24. The number of rotatable bonds is 17. The number of carboxylic acid groups (broad SMARTS) is 2. The number of hydrogen-bond donors (Lipinski definition) is 4. The van der Waals surface area contributed by atoms with E-state index in [0.717, 1.165) is 58.6 Å². The second-order valence-electron chi connectivity index (χ2n) is 10.6. The van der Waals surface area contributed by atoms with E-state index in [9.17, 15) is 29.4 Å². The zero-order valence-corrected chi connectivity index (χ0v) is 23.4. The predicted octanol–water partition coefficient (Wildman–Crippen LogP) is 2.02. The second-order valence-corrected chi connectivity index (χ2v) is 10.6. The molecule has 0 aliphatic carbocycles. The van der Waals surface area contributed by atoms with Gasteiger partial charge in [-0.25, -0.2) is 0 Å². The van der Waals surface area contributed by atoms with Gasteiger partial charge < -0.3 is 40.4 Å². The molecule has 0 saturated heterocycles. The number of amides is 2. The third kappa shape index (κ3) is 8.45. The van der Waals surface area contributed by atoms with E-state index >= 15 is 0 Å². The number of fused-ring (bicyclic) bond motifs is 2. The lowest BCUT2D eigenvalue weighted by molar-refractivity contribution is -0.309. The Bertz CT molecular complexity index is 1410. The SMILES string of the molecule is O=C(CCCCCCCCC(=O)N[C@H](Cc1c[nH]c2ccccc12)C(=O)[O-])N[C@H](Cc1c[nH]c2ccccc12)C(=O)[O-]. The van der Waals surface area contributed by atoms with Gasteiger partial charge in [0.25, 0.3) is 0 Å². The minimum atomic E-state index is -1.32. The Morgan fingerprint density at radius 1 is 0.595 bits per heavy atom. The van der Waals surface area contributed by atoms with E-state index in [-0.39, 0.29) is 37.5 Å². The molecule has 2 heterocycles. The van der Waals surface area contributed by atoms with Gasteiger partial charge in [-0.1, -0.05) is 62.1 Å². The van der Waals surface area contributed by atoms with Crippen LogP contribution < -0.4 is 20.8 Å². The Kier molecular flexibility index (Phi) is 10.7. The molecule has 0 radical (unpaired) electrons. The Labute approximate surface area is 243 Å². The van der Waals surface area contributed by atoms with Crippen LogP contribution in [0.25, 0.3) is 21.8 Å². The molecule has 4 rings (SSSR count). The summed E-state index contributed by atoms with van der Waals surface area (Å²) in [4.78, 5) is 54.2. The number of para-hydroxylation sites is 2. The number of benzene rings is 2. The van der Waals surface area contributed by atoms with Gasteiger partial charge in [-0.15, -0.1) is 0 Å². The smallest absolute Gasteiger partial charge is 0.220 e. The first-order valence-corrected chi connectivity index (χ1v) is 14.4. The third-order valence-corrected chi connectivity index (χ3v) is 7.50. The lowest BCUT2D eigenvalue weighted by Crippen LogP contribution is -2.49. The molecule has 0 aliphatic rings. The van der Waals surface area contributed by atoms with Crippen molar-refractivity contribution >= 4 is 45.6 Å². The summed E-state index contributed by atoms with van der Waals surface area (Å²) in [5.41, 5.74) is 3.41. The number of nitrogens with one attached hydrogen (secondary N) is 4. The predicted molar refractivity (Wildman–Crippen MR) is 155 cm³/mol. The standard InChI is InChI=1S/C32H38N4O6/c37-29(35-27(31(39)40)17-21-19-33-25-13-9-7-11-23(21)25)15-5-3-1-2-4-6-16-30(38)36-28(32(41)42)18-22-20-34-26-14-10-8-12-24(22)26/h7-14,19-20,27-28,33-34H,1-6,15-18H2,(H,35,37)(H,36,38)(H,39,40)(H,41,42)/p-2/t27-,28-/m1/s1. The first-order chi connectivity index (χ1) is 20.3. The molecule has 0 aliphatic heterocycles. The number of H-pyrrole nitrogens is 2. The van der Waals surface area contributed by atoms with Crippen molar-refractivity contribution in [2.24, 2.45) is 0 Å².